The molecule has 4 heteroatoms. The van der Waals surface area contributed by atoms with Crippen molar-refractivity contribution in [1.82, 2.24) is 5.32 Å². The van der Waals surface area contributed by atoms with Crippen LogP contribution in [0, 0.1) is 12.7 Å². The van der Waals surface area contributed by atoms with Crippen molar-refractivity contribution in [2.24, 2.45) is 0 Å². The first kappa shape index (κ1) is 13.0. The van der Waals surface area contributed by atoms with E-state index in [1.807, 2.05) is 0 Å². The summed E-state index contributed by atoms with van der Waals surface area (Å²) < 4.78 is 18.6. The first-order chi connectivity index (χ1) is 8.63. The molecule has 0 atom stereocenters. The summed E-state index contributed by atoms with van der Waals surface area (Å²) in [6, 6.07) is 3.33. The lowest BCUT2D eigenvalue weighted by Gasteiger charge is -2.23. The molecular formula is C14H18FNO2. The fourth-order valence-corrected chi connectivity index (χ4v) is 2.41. The highest BCUT2D eigenvalue weighted by Crippen LogP contribution is 2.28. The quantitative estimate of drug-likeness (QED) is 0.820. The van der Waals surface area contributed by atoms with Gasteiger partial charge in [-0.05, 0) is 62.0 Å². The second-order valence-electron chi connectivity index (χ2n) is 4.69. The monoisotopic (exact) mass is 251 g/mol. The number of esters is 1. The maximum atomic E-state index is 13.9. The number of ether oxygens (including phenoxy) is 1. The van der Waals surface area contributed by atoms with E-state index in [9.17, 15) is 9.18 Å². The Kier molecular flexibility index (Phi) is 3.97. The van der Waals surface area contributed by atoms with Crippen LogP contribution >= 0.6 is 0 Å². The number of carbonyl (C=O) groups is 1. The van der Waals surface area contributed by atoms with E-state index in [1.54, 1.807) is 19.1 Å². The second kappa shape index (κ2) is 5.48. The number of rotatable bonds is 2. The fourth-order valence-electron chi connectivity index (χ4n) is 2.41. The predicted molar refractivity (Wildman–Crippen MR) is 67.3 cm³/mol. The number of halogens is 1. The minimum absolute atomic E-state index is 0.324. The van der Waals surface area contributed by atoms with E-state index in [0.717, 1.165) is 31.5 Å². The Bertz CT molecular complexity index is 453. The van der Waals surface area contributed by atoms with Crippen LogP contribution < -0.4 is 5.32 Å². The molecule has 98 valence electrons. The van der Waals surface area contributed by atoms with Crippen LogP contribution in [-0.4, -0.2) is 26.2 Å². The van der Waals surface area contributed by atoms with Crippen LogP contribution in [0.25, 0.3) is 0 Å². The Hall–Kier alpha value is -1.42. The van der Waals surface area contributed by atoms with Crippen LogP contribution in [0.3, 0.4) is 0 Å². The van der Waals surface area contributed by atoms with Gasteiger partial charge in [-0.1, -0.05) is 0 Å². The van der Waals surface area contributed by atoms with Crippen LogP contribution in [0.2, 0.25) is 0 Å². The first-order valence-electron chi connectivity index (χ1n) is 6.22. The van der Waals surface area contributed by atoms with Gasteiger partial charge in [0.1, 0.15) is 5.82 Å². The van der Waals surface area contributed by atoms with Gasteiger partial charge in [0.15, 0.2) is 0 Å². The number of carbonyl (C=O) groups excluding carboxylic acids is 1. The molecule has 1 heterocycles. The average Bonchev–Trinajstić information content (AvgIpc) is 2.41. The van der Waals surface area contributed by atoms with E-state index in [1.165, 1.54) is 7.11 Å². The standard InChI is InChI=1S/C14H18FNO2/c1-9-12(14(17)18-2)7-11(8-13(9)15)10-3-5-16-6-4-10/h7-8,10,16H,3-6H2,1-2H3. The largest absolute Gasteiger partial charge is 0.465 e. The molecule has 3 nitrogen and oxygen atoms in total. The van der Waals surface area contributed by atoms with Crippen molar-refractivity contribution < 1.29 is 13.9 Å². The highest BCUT2D eigenvalue weighted by molar-refractivity contribution is 5.91. The van der Waals surface area contributed by atoms with Crippen molar-refractivity contribution in [1.29, 1.82) is 0 Å². The van der Waals surface area contributed by atoms with E-state index >= 15 is 0 Å². The number of hydrogen-bond donors (Lipinski definition) is 1. The van der Waals surface area contributed by atoms with E-state index < -0.39 is 5.97 Å². The van der Waals surface area contributed by atoms with Crippen LogP contribution in [0.15, 0.2) is 12.1 Å². The normalized spacial score (nSPS) is 16.6. The molecule has 0 aliphatic carbocycles. The van der Waals surface area contributed by atoms with Gasteiger partial charge < -0.3 is 10.1 Å². The Labute approximate surface area is 106 Å². The van der Waals surface area contributed by atoms with Gasteiger partial charge in [0.05, 0.1) is 12.7 Å². The minimum atomic E-state index is -0.470. The Morgan fingerprint density at radius 2 is 2.06 bits per heavy atom. The van der Waals surface area contributed by atoms with Crippen LogP contribution in [0.4, 0.5) is 4.39 Å². The topological polar surface area (TPSA) is 38.3 Å². The molecule has 1 saturated heterocycles. The summed E-state index contributed by atoms with van der Waals surface area (Å²) in [4.78, 5) is 11.6. The molecular weight excluding hydrogens is 233 g/mol. The summed E-state index contributed by atoms with van der Waals surface area (Å²) in [5.74, 6) is -0.474. The van der Waals surface area contributed by atoms with Crippen molar-refractivity contribution in [3.05, 3.63) is 34.6 Å². The maximum Gasteiger partial charge on any atom is 0.338 e. The van der Waals surface area contributed by atoms with Gasteiger partial charge in [0, 0.05) is 0 Å². The van der Waals surface area contributed by atoms with Crippen LogP contribution in [0.5, 0.6) is 0 Å². The molecule has 0 spiro atoms. The smallest absolute Gasteiger partial charge is 0.338 e. The zero-order valence-electron chi connectivity index (χ0n) is 10.8. The average molecular weight is 251 g/mol. The Morgan fingerprint density at radius 1 is 1.39 bits per heavy atom. The van der Waals surface area contributed by atoms with E-state index in [2.05, 4.69) is 5.32 Å². The number of benzene rings is 1. The lowest BCUT2D eigenvalue weighted by molar-refractivity contribution is 0.0599. The molecule has 0 bridgehead atoms. The molecule has 0 saturated carbocycles. The maximum absolute atomic E-state index is 13.9. The molecule has 0 radical (unpaired) electrons. The van der Waals surface area contributed by atoms with Crippen molar-refractivity contribution in [2.75, 3.05) is 20.2 Å². The molecule has 0 aromatic heterocycles. The lowest BCUT2D eigenvalue weighted by atomic mass is 9.88. The van der Waals surface area contributed by atoms with Crippen LogP contribution in [-0.2, 0) is 4.74 Å². The summed E-state index contributed by atoms with van der Waals surface area (Å²) in [7, 11) is 1.32. The van der Waals surface area contributed by atoms with E-state index in [4.69, 9.17) is 4.74 Å². The minimum Gasteiger partial charge on any atom is -0.465 e. The van der Waals surface area contributed by atoms with Crippen molar-refractivity contribution in [2.45, 2.75) is 25.7 Å². The first-order valence-corrected chi connectivity index (χ1v) is 6.22. The number of piperidine rings is 1. The molecule has 0 unspecified atom stereocenters. The summed E-state index contributed by atoms with van der Waals surface area (Å²) in [6.07, 6.45) is 1.95. The van der Waals surface area contributed by atoms with E-state index in [0.29, 0.717) is 17.0 Å². The SMILES string of the molecule is COC(=O)c1cc(C2CCNCC2)cc(F)c1C. The second-order valence-corrected chi connectivity index (χ2v) is 4.69. The molecule has 18 heavy (non-hydrogen) atoms. The molecule has 1 aromatic rings. The third-order valence-corrected chi connectivity index (χ3v) is 3.58. The molecule has 2 rings (SSSR count). The van der Waals surface area contributed by atoms with E-state index in [-0.39, 0.29) is 5.82 Å². The van der Waals surface area contributed by atoms with Crippen molar-refractivity contribution in [3.8, 4) is 0 Å². The zero-order chi connectivity index (χ0) is 13.1. The van der Waals surface area contributed by atoms with Gasteiger partial charge in [0.25, 0.3) is 0 Å². The third-order valence-electron chi connectivity index (χ3n) is 3.58. The highest BCUT2D eigenvalue weighted by Gasteiger charge is 2.20. The van der Waals surface area contributed by atoms with Crippen LogP contribution in [0.1, 0.15) is 40.2 Å². The molecule has 0 amide bonds. The Balaban J connectivity index is 2.36. The molecule has 1 N–H and O–H groups in total. The fraction of sp³-hybridized carbons (Fsp3) is 0.500. The molecule has 1 fully saturated rings. The summed E-state index contributed by atoms with van der Waals surface area (Å²) in [5, 5.41) is 3.27. The lowest BCUT2D eigenvalue weighted by Crippen LogP contribution is -2.26. The molecule has 1 aliphatic heterocycles. The van der Waals surface area contributed by atoms with Crippen molar-refractivity contribution in [3.63, 3.8) is 0 Å². The van der Waals surface area contributed by atoms with Gasteiger partial charge in [-0.2, -0.15) is 0 Å². The summed E-state index contributed by atoms with van der Waals surface area (Å²) >= 11 is 0. The van der Waals surface area contributed by atoms with Gasteiger partial charge >= 0.3 is 5.97 Å². The number of methoxy groups -OCH3 is 1. The highest BCUT2D eigenvalue weighted by atomic mass is 19.1. The van der Waals surface area contributed by atoms with Gasteiger partial charge in [-0.3, -0.25) is 0 Å². The summed E-state index contributed by atoms with van der Waals surface area (Å²) in [5.41, 5.74) is 1.60. The van der Waals surface area contributed by atoms with Gasteiger partial charge in [-0.15, -0.1) is 0 Å². The van der Waals surface area contributed by atoms with Gasteiger partial charge in [0.2, 0.25) is 0 Å². The van der Waals surface area contributed by atoms with Crippen molar-refractivity contribution >= 4 is 5.97 Å². The Morgan fingerprint density at radius 3 is 2.67 bits per heavy atom. The van der Waals surface area contributed by atoms with Gasteiger partial charge in [-0.25, -0.2) is 9.18 Å². The molecule has 1 aromatic carbocycles. The predicted octanol–water partition coefficient (Wildman–Crippen LogP) is 2.39. The zero-order valence-corrected chi connectivity index (χ0v) is 10.8. The third kappa shape index (κ3) is 2.53. The molecule has 1 aliphatic rings. The number of hydrogen-bond acceptors (Lipinski definition) is 3. The summed E-state index contributed by atoms with van der Waals surface area (Å²) in [6.45, 7) is 3.48. The number of nitrogens with one attached hydrogen (secondary N) is 1.